The first-order valence-electron chi connectivity index (χ1n) is 14.2. The number of nitrogens with zero attached hydrogens (tertiary/aromatic N) is 3. The van der Waals surface area contributed by atoms with E-state index < -0.39 is 12.7 Å². The molecule has 3 N–H and O–H groups in total. The number of rotatable bonds is 10. The molecule has 1 fully saturated rings. The maximum absolute atomic E-state index is 13.5. The molecule has 4 rings (SSSR count). The molecule has 0 aliphatic carbocycles. The van der Waals surface area contributed by atoms with Crippen LogP contribution in [0.1, 0.15) is 39.3 Å². The molecule has 0 amide bonds. The summed E-state index contributed by atoms with van der Waals surface area (Å²) in [7, 11) is 1.59. The van der Waals surface area contributed by atoms with Gasteiger partial charge in [0.05, 0.1) is 36.7 Å². The van der Waals surface area contributed by atoms with Crippen molar-refractivity contribution in [2.75, 3.05) is 50.3 Å². The van der Waals surface area contributed by atoms with Crippen molar-refractivity contribution in [3.63, 3.8) is 0 Å². The second-order valence-corrected chi connectivity index (χ2v) is 10.7. The van der Waals surface area contributed by atoms with Crippen LogP contribution in [0.15, 0.2) is 47.4 Å². The summed E-state index contributed by atoms with van der Waals surface area (Å²) >= 11 is 1.60. The maximum atomic E-state index is 13.5. The number of aromatic nitrogens is 1. The van der Waals surface area contributed by atoms with Gasteiger partial charge in [0.2, 0.25) is 0 Å². The molecule has 12 heteroatoms. The van der Waals surface area contributed by atoms with Crippen molar-refractivity contribution in [2.24, 2.45) is 0 Å². The molecule has 1 atom stereocenters. The van der Waals surface area contributed by atoms with E-state index in [-0.39, 0.29) is 57.1 Å². The number of thioether (sulfide) groups is 1. The molecule has 233 valence electrons. The number of aliphatic hydroxyl groups excluding tert-OH is 1. The van der Waals surface area contributed by atoms with Crippen molar-refractivity contribution in [1.29, 1.82) is 0 Å². The van der Waals surface area contributed by atoms with Crippen molar-refractivity contribution in [1.82, 2.24) is 9.47 Å². The van der Waals surface area contributed by atoms with E-state index in [0.717, 1.165) is 36.5 Å². The van der Waals surface area contributed by atoms with Crippen molar-refractivity contribution < 1.29 is 55.7 Å². The first kappa shape index (κ1) is 37.3. The Labute approximate surface area is 282 Å². The van der Waals surface area contributed by atoms with Crippen LogP contribution in [0.2, 0.25) is 0 Å². The first-order valence-corrected chi connectivity index (χ1v) is 15.4. The van der Waals surface area contributed by atoms with E-state index in [1.165, 1.54) is 4.57 Å². The Bertz CT molecular complexity index is 1350. The number of anilines is 2. The largest absolute Gasteiger partial charge is 0.568 e. The molecule has 7 nitrogen and oxygen atoms in total. The summed E-state index contributed by atoms with van der Waals surface area (Å²) in [5.74, 6) is 6.57. The van der Waals surface area contributed by atoms with E-state index in [4.69, 9.17) is 4.74 Å². The van der Waals surface area contributed by atoms with Crippen molar-refractivity contribution in [3.05, 3.63) is 53.6 Å². The Morgan fingerprint density at radius 1 is 1.14 bits per heavy atom. The van der Waals surface area contributed by atoms with Crippen LogP contribution in [0.5, 0.6) is 5.75 Å². The van der Waals surface area contributed by atoms with Gasteiger partial charge in [0.25, 0.3) is 0 Å². The number of halogens is 3. The van der Waals surface area contributed by atoms with Gasteiger partial charge in [-0.15, -0.1) is 17.8 Å². The summed E-state index contributed by atoms with van der Waals surface area (Å²) in [5, 5.41) is 13.4. The summed E-state index contributed by atoms with van der Waals surface area (Å²) < 4.78 is 47.2. The normalized spacial score (nSPS) is 14.5. The van der Waals surface area contributed by atoms with Gasteiger partial charge in [-0.2, -0.15) is 13.2 Å². The van der Waals surface area contributed by atoms with Crippen LogP contribution in [-0.4, -0.2) is 72.4 Å². The molecule has 2 aromatic carbocycles. The minimum Gasteiger partial charge on any atom is -0.568 e. The van der Waals surface area contributed by atoms with Gasteiger partial charge < -0.3 is 35.5 Å². The quantitative estimate of drug-likeness (QED) is 0.121. The van der Waals surface area contributed by atoms with Crippen LogP contribution < -0.4 is 15.5 Å². The molecule has 2 heterocycles. The maximum Gasteiger partial charge on any atom is 0.406 e. The number of benzene rings is 2. The van der Waals surface area contributed by atoms with Crippen molar-refractivity contribution >= 4 is 34.0 Å². The van der Waals surface area contributed by atoms with E-state index >= 15 is 0 Å². The fourth-order valence-electron chi connectivity index (χ4n) is 4.82. The monoisotopic (exact) mass is 693 g/mol. The minimum absolute atomic E-state index is 0. The van der Waals surface area contributed by atoms with Crippen LogP contribution >= 0.6 is 11.8 Å². The predicted molar refractivity (Wildman–Crippen MR) is 168 cm³/mol. The number of nitrogens with one attached hydrogen (secondary N) is 2. The Balaban J connectivity index is 0.00000211. The van der Waals surface area contributed by atoms with Gasteiger partial charge in [-0.25, -0.2) is 0 Å². The second-order valence-electron chi connectivity index (χ2n) is 9.81. The predicted octanol–water partition coefficient (Wildman–Crippen LogP) is 6.97. The average Bonchev–Trinajstić information content (AvgIpc) is 3.31. The van der Waals surface area contributed by atoms with Gasteiger partial charge in [0.15, 0.2) is 0 Å². The number of β-amino-alcohol motifs (C(OH)–C–C–N with tert-alkyl or cyclic N) is 1. The summed E-state index contributed by atoms with van der Waals surface area (Å²) in [4.78, 5) is 3.27. The van der Waals surface area contributed by atoms with Gasteiger partial charge in [-0.05, 0) is 68.6 Å². The number of fused-ring (bicyclic) bond motifs is 1. The van der Waals surface area contributed by atoms with Crippen LogP contribution in [0.25, 0.3) is 16.3 Å². The molecule has 0 saturated carbocycles. The molecule has 1 saturated heterocycles. The first-order chi connectivity index (χ1) is 20.2. The molecule has 0 spiro atoms. The molecular formula is C31H41F3N5O2SY-. The number of aliphatic hydroxyl groups is 1. The standard InChI is InChI=1S/C29H35F3N5O2S.C2H6.Y/c1-20(38)18-36-14-11-21(12-15-36)34-35-25-7-4-8-27-24(25)16-22(37(27)19-29(30,31)32)6-5-13-33-26-10-9-23(40-3)17-28(26)39-2;1-2;/h4,7-10,16-17,20-21,33,35,38H,11-15,18-19H2,1-3H3;1-2H3;/q-1;;. The van der Waals surface area contributed by atoms with E-state index in [1.54, 1.807) is 44.0 Å². The molecule has 43 heavy (non-hydrogen) atoms. The number of methoxy groups -OCH3 is 1. The van der Waals surface area contributed by atoms with Crippen LogP contribution in [0.3, 0.4) is 0 Å². The zero-order valence-corrected chi connectivity index (χ0v) is 29.1. The molecular weight excluding hydrogens is 652 g/mol. The SMILES string of the molecule is CC.COc1cc(SC)ccc1NCC#Cc1cc2c(N[N-]C3CCN(CC(C)O)CC3)cccc2n1CC(F)(F)F.[Y]. The van der Waals surface area contributed by atoms with Gasteiger partial charge in [0, 0.05) is 55.2 Å². The molecule has 1 radical (unpaired) electrons. The Kier molecular flexibility index (Phi) is 15.7. The zero-order chi connectivity index (χ0) is 30.7. The number of hydrogen-bond acceptors (Lipinski definition) is 6. The molecule has 0 bridgehead atoms. The molecule has 1 aromatic heterocycles. The van der Waals surface area contributed by atoms with Gasteiger partial charge in [0.1, 0.15) is 12.3 Å². The third-order valence-electron chi connectivity index (χ3n) is 6.72. The minimum atomic E-state index is -4.40. The summed E-state index contributed by atoms with van der Waals surface area (Å²) in [6.45, 7) is 7.20. The summed E-state index contributed by atoms with van der Waals surface area (Å²) in [6.07, 6.45) is -1.10. The zero-order valence-electron chi connectivity index (χ0n) is 25.5. The fraction of sp³-hybridized carbons (Fsp3) is 0.484. The van der Waals surface area contributed by atoms with E-state index in [9.17, 15) is 18.3 Å². The van der Waals surface area contributed by atoms with Crippen LogP contribution in [0.4, 0.5) is 24.5 Å². The third kappa shape index (κ3) is 11.2. The Morgan fingerprint density at radius 3 is 2.49 bits per heavy atom. The number of ether oxygens (including phenoxy) is 1. The number of alkyl halides is 3. The Hall–Kier alpha value is -1.94. The van der Waals surface area contributed by atoms with E-state index in [2.05, 4.69) is 32.9 Å². The van der Waals surface area contributed by atoms with Crippen LogP contribution in [-0.2, 0) is 39.3 Å². The van der Waals surface area contributed by atoms with Crippen molar-refractivity contribution in [2.45, 2.75) is 63.4 Å². The molecule has 1 unspecified atom stereocenters. The van der Waals surface area contributed by atoms with Gasteiger partial charge in [-0.1, -0.05) is 38.7 Å². The molecule has 1 aliphatic rings. The summed E-state index contributed by atoms with van der Waals surface area (Å²) in [6, 6.07) is 12.8. The smallest absolute Gasteiger partial charge is 0.406 e. The molecule has 1 aliphatic heterocycles. The Morgan fingerprint density at radius 2 is 1.86 bits per heavy atom. The molecule has 3 aromatic rings. The number of piperidine rings is 1. The van der Waals surface area contributed by atoms with Crippen molar-refractivity contribution in [3.8, 4) is 17.6 Å². The van der Waals surface area contributed by atoms with E-state index in [1.807, 2.05) is 44.4 Å². The number of hydrogen-bond donors (Lipinski definition) is 3. The average molecular weight is 694 g/mol. The third-order valence-corrected chi connectivity index (χ3v) is 7.45. The fourth-order valence-corrected chi connectivity index (χ4v) is 5.25. The van der Waals surface area contributed by atoms with Crippen LogP contribution in [0, 0.1) is 11.8 Å². The number of likely N-dealkylation sites (tertiary alicyclic amines) is 1. The topological polar surface area (TPSA) is 75.8 Å². The van der Waals surface area contributed by atoms with Gasteiger partial charge in [-0.3, -0.25) is 0 Å². The van der Waals surface area contributed by atoms with E-state index in [0.29, 0.717) is 28.9 Å². The second kappa shape index (κ2) is 18.1. The summed E-state index contributed by atoms with van der Waals surface area (Å²) in [5.41, 5.74) is 9.87. The van der Waals surface area contributed by atoms with Gasteiger partial charge >= 0.3 is 6.18 Å².